The van der Waals surface area contributed by atoms with Crippen molar-refractivity contribution >= 4 is 27.5 Å². The lowest BCUT2D eigenvalue weighted by Crippen LogP contribution is -2.24. The molecular formula is C23H22N2O3S. The average Bonchev–Trinajstić information content (AvgIpc) is 3.41. The lowest BCUT2D eigenvalue weighted by Gasteiger charge is -2.05. The van der Waals surface area contributed by atoms with E-state index in [1.54, 1.807) is 23.5 Å². The van der Waals surface area contributed by atoms with Gasteiger partial charge in [-0.15, -0.1) is 11.3 Å². The van der Waals surface area contributed by atoms with Crippen molar-refractivity contribution in [3.05, 3.63) is 78.1 Å². The zero-order chi connectivity index (χ0) is 19.9. The fourth-order valence-corrected chi connectivity index (χ4v) is 3.88. The fraction of sp³-hybridized carbons (Fsp3) is 0.217. The van der Waals surface area contributed by atoms with Crippen LogP contribution in [0.25, 0.3) is 21.0 Å². The summed E-state index contributed by atoms with van der Waals surface area (Å²) in [6.45, 7) is 1.84. The van der Waals surface area contributed by atoms with Gasteiger partial charge in [0.1, 0.15) is 0 Å². The number of rotatable bonds is 9. The van der Waals surface area contributed by atoms with Gasteiger partial charge < -0.3 is 14.5 Å². The molecule has 4 rings (SSSR count). The molecule has 29 heavy (non-hydrogen) atoms. The van der Waals surface area contributed by atoms with E-state index in [4.69, 9.17) is 9.15 Å². The van der Waals surface area contributed by atoms with Crippen molar-refractivity contribution in [1.29, 1.82) is 0 Å². The van der Waals surface area contributed by atoms with Crippen molar-refractivity contribution in [3.8, 4) is 10.8 Å². The Morgan fingerprint density at radius 1 is 1.00 bits per heavy atom. The molecule has 0 aliphatic heterocycles. The molecule has 0 saturated heterocycles. The van der Waals surface area contributed by atoms with Crippen LogP contribution in [-0.4, -0.2) is 30.6 Å². The number of hydrogen-bond donors (Lipinski definition) is 1. The van der Waals surface area contributed by atoms with E-state index in [1.807, 2.05) is 42.5 Å². The van der Waals surface area contributed by atoms with E-state index in [0.717, 1.165) is 28.1 Å². The highest BCUT2D eigenvalue weighted by atomic mass is 32.1. The second-order valence-corrected chi connectivity index (χ2v) is 7.64. The maximum atomic E-state index is 12.3. The van der Waals surface area contributed by atoms with E-state index in [2.05, 4.69) is 22.4 Å². The Morgan fingerprint density at radius 2 is 1.83 bits per heavy atom. The number of nitrogens with one attached hydrogen (secondary N) is 1. The summed E-state index contributed by atoms with van der Waals surface area (Å²) in [4.78, 5) is 16.8. The molecule has 0 unspecified atom stereocenters. The molecule has 0 spiro atoms. The number of furan rings is 1. The minimum atomic E-state index is -0.221. The van der Waals surface area contributed by atoms with Gasteiger partial charge in [0, 0.05) is 13.2 Å². The molecule has 6 heteroatoms. The number of amides is 1. The highest BCUT2D eigenvalue weighted by Crippen LogP contribution is 2.31. The highest BCUT2D eigenvalue weighted by Gasteiger charge is 2.14. The lowest BCUT2D eigenvalue weighted by molar-refractivity contribution is 0.0915. The highest BCUT2D eigenvalue weighted by molar-refractivity contribution is 7.21. The normalized spacial score (nSPS) is 11.0. The van der Waals surface area contributed by atoms with Crippen LogP contribution in [0.3, 0.4) is 0 Å². The Bertz CT molecular complexity index is 1040. The number of benzene rings is 2. The molecule has 0 aliphatic rings. The molecule has 5 nitrogen and oxygen atoms in total. The van der Waals surface area contributed by atoms with Crippen LogP contribution in [0.4, 0.5) is 0 Å². The average molecular weight is 407 g/mol. The van der Waals surface area contributed by atoms with Crippen molar-refractivity contribution in [3.63, 3.8) is 0 Å². The number of ether oxygens (including phenoxy) is 1. The van der Waals surface area contributed by atoms with Gasteiger partial charge in [-0.1, -0.05) is 42.5 Å². The van der Waals surface area contributed by atoms with Crippen LogP contribution in [0, 0.1) is 0 Å². The summed E-state index contributed by atoms with van der Waals surface area (Å²) >= 11 is 1.55. The predicted octanol–water partition coefficient (Wildman–Crippen LogP) is 4.94. The SMILES string of the molecule is O=C(NCCCOCCc1ccccc1)c1ccc(-c2nc3ccccc3s2)o1. The van der Waals surface area contributed by atoms with Crippen molar-refractivity contribution in [1.82, 2.24) is 10.3 Å². The van der Waals surface area contributed by atoms with Gasteiger partial charge in [0.2, 0.25) is 0 Å². The fourth-order valence-electron chi connectivity index (χ4n) is 2.95. The number of carbonyl (C=O) groups excluding carboxylic acids is 1. The molecule has 2 heterocycles. The Balaban J connectivity index is 1.19. The second kappa shape index (κ2) is 9.49. The minimum Gasteiger partial charge on any atom is -0.448 e. The first-order valence-corrected chi connectivity index (χ1v) is 10.5. The Morgan fingerprint density at radius 3 is 2.69 bits per heavy atom. The second-order valence-electron chi connectivity index (χ2n) is 6.61. The van der Waals surface area contributed by atoms with E-state index in [-0.39, 0.29) is 5.91 Å². The van der Waals surface area contributed by atoms with Gasteiger partial charge >= 0.3 is 0 Å². The van der Waals surface area contributed by atoms with Crippen LogP contribution < -0.4 is 5.32 Å². The van der Waals surface area contributed by atoms with Gasteiger partial charge in [-0.05, 0) is 42.7 Å². The summed E-state index contributed by atoms with van der Waals surface area (Å²) in [6, 6.07) is 21.7. The molecule has 0 aliphatic carbocycles. The summed E-state index contributed by atoms with van der Waals surface area (Å²) < 4.78 is 12.4. The topological polar surface area (TPSA) is 64.4 Å². The summed E-state index contributed by atoms with van der Waals surface area (Å²) in [5.74, 6) is 0.687. The quantitative estimate of drug-likeness (QED) is 0.400. The third kappa shape index (κ3) is 5.10. The zero-order valence-electron chi connectivity index (χ0n) is 16.0. The molecule has 0 bridgehead atoms. The van der Waals surface area contributed by atoms with Gasteiger partial charge in [0.25, 0.3) is 5.91 Å². The van der Waals surface area contributed by atoms with E-state index >= 15 is 0 Å². The van der Waals surface area contributed by atoms with Crippen LogP contribution in [0.5, 0.6) is 0 Å². The molecule has 1 amide bonds. The molecule has 148 valence electrons. The summed E-state index contributed by atoms with van der Waals surface area (Å²) in [5.41, 5.74) is 2.20. The van der Waals surface area contributed by atoms with Crippen LogP contribution in [0.2, 0.25) is 0 Å². The lowest BCUT2D eigenvalue weighted by atomic mass is 10.2. The molecule has 0 atom stereocenters. The number of aromatic nitrogens is 1. The number of hydrogen-bond acceptors (Lipinski definition) is 5. The smallest absolute Gasteiger partial charge is 0.287 e. The monoisotopic (exact) mass is 406 g/mol. The van der Waals surface area contributed by atoms with Crippen LogP contribution in [0.1, 0.15) is 22.5 Å². The van der Waals surface area contributed by atoms with Crippen LogP contribution in [0.15, 0.2) is 71.1 Å². The molecule has 2 aromatic carbocycles. The maximum Gasteiger partial charge on any atom is 0.287 e. The maximum absolute atomic E-state index is 12.3. The van der Waals surface area contributed by atoms with Gasteiger partial charge in [-0.3, -0.25) is 4.79 Å². The number of nitrogens with zero attached hydrogens (tertiary/aromatic N) is 1. The summed E-state index contributed by atoms with van der Waals surface area (Å²) in [6.07, 6.45) is 1.65. The standard InChI is InChI=1S/C23H22N2O3S/c26-22(24-14-6-15-27-16-13-17-7-2-1-3-8-17)19-11-12-20(28-19)23-25-18-9-4-5-10-21(18)29-23/h1-5,7-12H,6,13-16H2,(H,24,26). The molecule has 0 saturated carbocycles. The van der Waals surface area contributed by atoms with E-state index < -0.39 is 0 Å². The first-order valence-electron chi connectivity index (χ1n) is 9.65. The third-order valence-corrected chi connectivity index (χ3v) is 5.51. The van der Waals surface area contributed by atoms with Crippen LogP contribution in [-0.2, 0) is 11.2 Å². The van der Waals surface area contributed by atoms with E-state index in [1.165, 1.54) is 5.56 Å². The number of fused-ring (bicyclic) bond motifs is 1. The molecule has 0 fully saturated rings. The van der Waals surface area contributed by atoms with Gasteiger partial charge in [0.15, 0.2) is 16.5 Å². The minimum absolute atomic E-state index is 0.221. The van der Waals surface area contributed by atoms with Gasteiger partial charge in [-0.2, -0.15) is 0 Å². The zero-order valence-corrected chi connectivity index (χ0v) is 16.8. The molecule has 0 radical (unpaired) electrons. The summed E-state index contributed by atoms with van der Waals surface area (Å²) in [7, 11) is 0. The van der Waals surface area contributed by atoms with Gasteiger partial charge in [0.05, 0.1) is 16.8 Å². The molecule has 1 N–H and O–H groups in total. The van der Waals surface area contributed by atoms with Crippen molar-refractivity contribution in [2.75, 3.05) is 19.8 Å². The summed E-state index contributed by atoms with van der Waals surface area (Å²) in [5, 5.41) is 3.64. The van der Waals surface area contributed by atoms with Crippen molar-refractivity contribution in [2.24, 2.45) is 0 Å². The predicted molar refractivity (Wildman–Crippen MR) is 115 cm³/mol. The van der Waals surface area contributed by atoms with Gasteiger partial charge in [-0.25, -0.2) is 4.98 Å². The Kier molecular flexibility index (Phi) is 6.34. The van der Waals surface area contributed by atoms with Crippen LogP contribution >= 0.6 is 11.3 Å². The number of para-hydroxylation sites is 1. The number of thiazole rings is 1. The van der Waals surface area contributed by atoms with E-state index in [9.17, 15) is 4.79 Å². The molecule has 4 aromatic rings. The van der Waals surface area contributed by atoms with Crippen molar-refractivity contribution in [2.45, 2.75) is 12.8 Å². The third-order valence-electron chi connectivity index (χ3n) is 4.46. The Labute approximate surface area is 173 Å². The number of carbonyl (C=O) groups is 1. The van der Waals surface area contributed by atoms with E-state index in [0.29, 0.717) is 31.3 Å². The largest absolute Gasteiger partial charge is 0.448 e. The first kappa shape index (κ1) is 19.4. The molecular weight excluding hydrogens is 384 g/mol. The Hall–Kier alpha value is -2.96. The van der Waals surface area contributed by atoms with Crippen molar-refractivity contribution < 1.29 is 13.9 Å². The first-order chi connectivity index (χ1) is 14.3. The molecule has 2 aromatic heterocycles.